The van der Waals surface area contributed by atoms with Crippen molar-refractivity contribution in [2.75, 3.05) is 0 Å². The molecule has 0 bridgehead atoms. The smallest absolute Gasteiger partial charge is 0.169 e. The Kier molecular flexibility index (Phi) is 6.00. The molecule has 2 aromatic carbocycles. The number of aromatic nitrogens is 3. The first-order valence-electron chi connectivity index (χ1n) is 13.0. The summed E-state index contributed by atoms with van der Waals surface area (Å²) in [6.45, 7) is -4.36. The number of hydrogen-bond donors (Lipinski definition) is 1. The van der Waals surface area contributed by atoms with E-state index in [4.69, 9.17) is 8.22 Å². The molecule has 166 valence electrons. The van der Waals surface area contributed by atoms with Crippen molar-refractivity contribution in [3.05, 3.63) is 108 Å². The highest BCUT2D eigenvalue weighted by Gasteiger charge is 2.05. The minimum absolute atomic E-state index is 0. The van der Waals surface area contributed by atoms with Crippen LogP contribution in [0.15, 0.2) is 85.5 Å². The van der Waals surface area contributed by atoms with Crippen molar-refractivity contribution in [1.29, 1.82) is 0 Å². The molecule has 3 nitrogen and oxygen atoms in total. The molecule has 5 aromatic rings. The summed E-state index contributed by atoms with van der Waals surface area (Å²) in [6.07, 6.45) is 14.2. The molecule has 0 atom stereocenters. The molecule has 0 saturated heterocycles. The van der Waals surface area contributed by atoms with Crippen molar-refractivity contribution in [3.8, 4) is 0 Å². The maximum atomic E-state index is 7.47. The molecule has 3 heterocycles. The summed E-state index contributed by atoms with van der Waals surface area (Å²) in [5, 5.41) is 2.22. The maximum absolute atomic E-state index is 7.47. The molecule has 0 saturated carbocycles. The molecule has 3 aromatic heterocycles. The Morgan fingerprint density at radius 3 is 1.36 bits per heavy atom. The van der Waals surface area contributed by atoms with Gasteiger partial charge in [-0.05, 0) is 46.5 Å². The van der Waals surface area contributed by atoms with E-state index in [1.807, 2.05) is 36.4 Å². The van der Waals surface area contributed by atoms with Crippen molar-refractivity contribution < 1.29 is 65.3 Å². The van der Waals surface area contributed by atoms with Crippen LogP contribution in [0.2, 0.25) is 0 Å². The number of halogens is 2. The predicted octanol–water partition coefficient (Wildman–Crippen LogP) is -0.681. The summed E-state index contributed by atoms with van der Waals surface area (Å²) in [5.74, 6) is 0. The summed E-state index contributed by atoms with van der Waals surface area (Å²) < 4.78 is 47.2. The predicted molar refractivity (Wildman–Crippen MR) is 129 cm³/mol. The third-order valence-corrected chi connectivity index (χ3v) is 5.29. The number of pyridine rings is 2. The highest BCUT2D eigenvalue weighted by Crippen LogP contribution is 2.28. The number of aromatic amines is 1. The first kappa shape index (κ1) is 17.9. The summed E-state index contributed by atoms with van der Waals surface area (Å²) >= 11 is 0. The van der Waals surface area contributed by atoms with E-state index >= 15 is 0 Å². The van der Waals surface area contributed by atoms with Gasteiger partial charge in [0.2, 0.25) is 0 Å². The third kappa shape index (κ3) is 5.89. The Bertz CT molecular complexity index is 1510. The van der Waals surface area contributed by atoms with Gasteiger partial charge in [-0.2, -0.15) is 0 Å². The van der Waals surface area contributed by atoms with E-state index in [-0.39, 0.29) is 48.0 Å². The van der Waals surface area contributed by atoms with Gasteiger partial charge in [0.15, 0.2) is 24.8 Å². The molecule has 0 aliphatic carbocycles. The van der Waals surface area contributed by atoms with Crippen LogP contribution in [0.4, 0.5) is 0 Å². The van der Waals surface area contributed by atoms with Crippen LogP contribution in [0.25, 0.3) is 46.1 Å². The lowest BCUT2D eigenvalue weighted by atomic mass is 10.1. The number of nitrogens with one attached hydrogen (secondary N) is 1. The van der Waals surface area contributed by atoms with Gasteiger partial charge >= 0.3 is 0 Å². The standard InChI is InChI=1S/C28H24N3.2HI/c1-30-15-11-21(12-16-30)3-5-23-7-9-27-25(19-23)26-20-24(8-10-28(26)29-27)6-4-22-13-17-31(2)18-14-22;;/h3-20H,1-2H3;2*1H/q+1;;/p-1/i1D3,2D3;;. The second-order valence-electron chi connectivity index (χ2n) is 7.48. The van der Waals surface area contributed by atoms with Crippen molar-refractivity contribution >= 4 is 46.1 Å². The molecule has 0 radical (unpaired) electrons. The fourth-order valence-electron chi connectivity index (χ4n) is 3.62. The molecule has 33 heavy (non-hydrogen) atoms. The van der Waals surface area contributed by atoms with Crippen molar-refractivity contribution in [2.24, 2.45) is 14.0 Å². The van der Waals surface area contributed by atoms with Gasteiger partial charge in [0.1, 0.15) is 22.2 Å². The molecule has 0 aliphatic rings. The highest BCUT2D eigenvalue weighted by molar-refractivity contribution is 6.08. The monoisotopic (exact) mass is 663 g/mol. The minimum Gasteiger partial charge on any atom is -1.00 e. The Morgan fingerprint density at radius 1 is 0.576 bits per heavy atom. The zero-order valence-corrected chi connectivity index (χ0v) is 21.9. The van der Waals surface area contributed by atoms with Crippen LogP contribution < -0.4 is 57.1 Å². The molecule has 0 aliphatic heterocycles. The summed E-state index contributed by atoms with van der Waals surface area (Å²) in [7, 11) is 0. The van der Waals surface area contributed by atoms with Crippen LogP contribution in [-0.4, -0.2) is 4.98 Å². The van der Waals surface area contributed by atoms with Gasteiger partial charge in [0.05, 0.1) is 0 Å². The lowest BCUT2D eigenvalue weighted by molar-refractivity contribution is -0.671. The molecular weight excluding hydrogens is 632 g/mol. The van der Waals surface area contributed by atoms with Crippen LogP contribution in [0.5, 0.6) is 0 Å². The van der Waals surface area contributed by atoms with E-state index in [0.29, 0.717) is 0 Å². The highest BCUT2D eigenvalue weighted by atomic mass is 127. The molecule has 0 spiro atoms. The van der Waals surface area contributed by atoms with Crippen LogP contribution in [0, 0.1) is 0 Å². The number of H-pyrrole nitrogens is 1. The second-order valence-corrected chi connectivity index (χ2v) is 7.48. The zero-order chi connectivity index (χ0) is 26.2. The Morgan fingerprint density at radius 2 is 0.970 bits per heavy atom. The molecule has 0 amide bonds. The largest absolute Gasteiger partial charge is 1.00 e. The Labute approximate surface area is 237 Å². The van der Waals surface area contributed by atoms with Gasteiger partial charge in [-0.1, -0.05) is 36.4 Å². The van der Waals surface area contributed by atoms with E-state index in [1.165, 1.54) is 9.13 Å². The van der Waals surface area contributed by atoms with Gasteiger partial charge in [-0.3, -0.25) is 0 Å². The average Bonchev–Trinajstić information content (AvgIpc) is 3.23. The van der Waals surface area contributed by atoms with Gasteiger partial charge in [0.25, 0.3) is 0 Å². The van der Waals surface area contributed by atoms with Crippen LogP contribution >= 0.6 is 0 Å². The Balaban J connectivity index is 0.00000210. The molecule has 1 N–H and O–H groups in total. The molecule has 0 unspecified atom stereocenters. The topological polar surface area (TPSA) is 23.5 Å². The Hall–Kier alpha value is -2.52. The number of nitrogens with zero attached hydrogens (tertiary/aromatic N) is 2. The van der Waals surface area contributed by atoms with Crippen molar-refractivity contribution in [2.45, 2.75) is 0 Å². The summed E-state index contributed by atoms with van der Waals surface area (Å²) in [4.78, 5) is 3.46. The quantitative estimate of drug-likeness (QED) is 0.195. The van der Waals surface area contributed by atoms with Gasteiger partial charge in [-0.25, -0.2) is 9.13 Å². The number of benzene rings is 2. The number of aryl methyl sites for hydroxylation is 2. The SMILES string of the molecule is [2H]C([2H])([2H])[n+]1ccc(/C=C/c2ccc3[nH]c4ccc(/C=C/c5cc[n+](C([2H])([2H])[2H])cc5)cc4c3c2)cc1.[I-].[I-]. The third-order valence-electron chi connectivity index (χ3n) is 5.29. The van der Waals surface area contributed by atoms with E-state index in [0.717, 1.165) is 44.1 Å². The van der Waals surface area contributed by atoms with Gasteiger partial charge in [-0.15, -0.1) is 0 Å². The fourth-order valence-corrected chi connectivity index (χ4v) is 3.62. The van der Waals surface area contributed by atoms with Crippen LogP contribution in [0.3, 0.4) is 0 Å². The van der Waals surface area contributed by atoms with Crippen molar-refractivity contribution in [3.63, 3.8) is 0 Å². The normalized spacial score (nSPS) is 14.7. The van der Waals surface area contributed by atoms with Crippen molar-refractivity contribution in [1.82, 2.24) is 4.98 Å². The lowest BCUT2D eigenvalue weighted by Gasteiger charge is -1.98. The fraction of sp³-hybridized carbons (Fsp3) is 0.0714. The van der Waals surface area contributed by atoms with E-state index < -0.39 is 14.0 Å². The molecule has 5 heteroatoms. The molecule has 0 fully saturated rings. The number of rotatable bonds is 4. The molecule has 5 rings (SSSR count). The summed E-state index contributed by atoms with van der Waals surface area (Å²) in [6, 6.07) is 19.6. The first-order chi connectivity index (χ1) is 17.6. The van der Waals surface area contributed by atoms with Gasteiger partial charge < -0.3 is 52.9 Å². The first-order valence-corrected chi connectivity index (χ1v) is 10.0. The zero-order valence-electron chi connectivity index (χ0n) is 23.5. The second kappa shape index (κ2) is 11.1. The lowest BCUT2D eigenvalue weighted by Crippen LogP contribution is -3.00. The maximum Gasteiger partial charge on any atom is 0.169 e. The van der Waals surface area contributed by atoms with E-state index in [2.05, 4.69) is 29.2 Å². The number of hydrogen-bond acceptors (Lipinski definition) is 0. The number of fused-ring (bicyclic) bond motifs is 3. The van der Waals surface area contributed by atoms with Gasteiger partial charge in [0, 0.05) is 46.1 Å². The van der Waals surface area contributed by atoms with E-state index in [9.17, 15) is 0 Å². The minimum atomic E-state index is -2.18. The van der Waals surface area contributed by atoms with E-state index in [1.54, 1.807) is 49.1 Å². The average molecular weight is 663 g/mol. The summed E-state index contributed by atoms with van der Waals surface area (Å²) in [5.41, 5.74) is 5.99. The van der Waals surface area contributed by atoms with Crippen LogP contribution in [-0.2, 0) is 14.0 Å². The van der Waals surface area contributed by atoms with Crippen LogP contribution in [0.1, 0.15) is 30.5 Å². The molecular formula is C28H25I2N3.